The van der Waals surface area contributed by atoms with Gasteiger partial charge in [-0.25, -0.2) is 8.78 Å². The fraction of sp³-hybridized carbons (Fsp3) is 0.455. The van der Waals surface area contributed by atoms with Crippen molar-refractivity contribution in [3.8, 4) is 0 Å². The van der Waals surface area contributed by atoms with Crippen molar-refractivity contribution in [1.29, 1.82) is 0 Å². The Hall–Kier alpha value is -0.670. The molecule has 2 rings (SSSR count). The van der Waals surface area contributed by atoms with Gasteiger partial charge in [0.25, 0.3) is 0 Å². The largest absolute Gasteiger partial charge is 0.316 e. The number of hydrogen-bond donors (Lipinski definition) is 1. The highest BCUT2D eigenvalue weighted by molar-refractivity contribution is 5.85. The molecule has 1 aliphatic rings. The summed E-state index contributed by atoms with van der Waals surface area (Å²) in [5.74, 6) is -0.704. The van der Waals surface area contributed by atoms with Gasteiger partial charge in [0.15, 0.2) is 0 Å². The minimum absolute atomic E-state index is 0. The van der Waals surface area contributed by atoms with Gasteiger partial charge in [0, 0.05) is 12.6 Å². The maximum atomic E-state index is 12.9. The van der Waals surface area contributed by atoms with Crippen LogP contribution in [0.4, 0.5) is 8.78 Å². The molecule has 1 aromatic rings. The van der Waals surface area contributed by atoms with E-state index in [1.807, 2.05) is 0 Å². The maximum absolute atomic E-state index is 12.9. The Kier molecular flexibility index (Phi) is 4.48. The second kappa shape index (κ2) is 5.42. The van der Waals surface area contributed by atoms with E-state index >= 15 is 0 Å². The molecular weight excluding hydrogens is 220 g/mol. The molecule has 1 saturated heterocycles. The third kappa shape index (κ3) is 3.14. The lowest BCUT2D eigenvalue weighted by atomic mass is 9.91. The summed E-state index contributed by atoms with van der Waals surface area (Å²) in [5.41, 5.74) is 0.773. The average molecular weight is 234 g/mol. The average Bonchev–Trinajstić information content (AvgIpc) is 2.18. The lowest BCUT2D eigenvalue weighted by Crippen LogP contribution is -2.28. The number of halogens is 3. The maximum Gasteiger partial charge on any atom is 0.126 e. The molecule has 1 unspecified atom stereocenters. The van der Waals surface area contributed by atoms with Crippen molar-refractivity contribution < 1.29 is 8.78 Å². The molecule has 0 aliphatic carbocycles. The van der Waals surface area contributed by atoms with Gasteiger partial charge < -0.3 is 5.32 Å². The predicted molar refractivity (Wildman–Crippen MR) is 58.5 cm³/mol. The first-order valence-electron chi connectivity index (χ1n) is 4.92. The van der Waals surface area contributed by atoms with Crippen molar-refractivity contribution in [3.05, 3.63) is 35.4 Å². The van der Waals surface area contributed by atoms with E-state index in [0.29, 0.717) is 0 Å². The first-order valence-corrected chi connectivity index (χ1v) is 4.92. The van der Waals surface area contributed by atoms with Crippen molar-refractivity contribution in [2.24, 2.45) is 0 Å². The van der Waals surface area contributed by atoms with E-state index in [-0.39, 0.29) is 18.3 Å². The van der Waals surface area contributed by atoms with Gasteiger partial charge in [-0.2, -0.15) is 0 Å². The number of nitrogens with one attached hydrogen (secondary N) is 1. The Morgan fingerprint density at radius 2 is 1.80 bits per heavy atom. The number of piperidine rings is 1. The molecule has 0 saturated carbocycles. The minimum atomic E-state index is -0.481. The van der Waals surface area contributed by atoms with E-state index < -0.39 is 11.6 Å². The third-order valence-corrected chi connectivity index (χ3v) is 2.65. The zero-order valence-corrected chi connectivity index (χ0v) is 9.12. The zero-order valence-electron chi connectivity index (χ0n) is 8.30. The van der Waals surface area contributed by atoms with Crippen LogP contribution in [0.3, 0.4) is 0 Å². The molecule has 1 aliphatic heterocycles. The van der Waals surface area contributed by atoms with Crippen molar-refractivity contribution in [2.75, 3.05) is 13.1 Å². The van der Waals surface area contributed by atoms with E-state index in [1.54, 1.807) is 0 Å². The molecule has 84 valence electrons. The third-order valence-electron chi connectivity index (χ3n) is 2.65. The summed E-state index contributed by atoms with van der Waals surface area (Å²) in [4.78, 5) is 0. The summed E-state index contributed by atoms with van der Waals surface area (Å²) in [6, 6.07) is 3.78. The van der Waals surface area contributed by atoms with Gasteiger partial charge >= 0.3 is 0 Å². The Balaban J connectivity index is 0.00000112. The molecular formula is C11H14ClF2N. The smallest absolute Gasteiger partial charge is 0.126 e. The van der Waals surface area contributed by atoms with Crippen molar-refractivity contribution in [1.82, 2.24) is 5.32 Å². The van der Waals surface area contributed by atoms with Gasteiger partial charge in [0.1, 0.15) is 11.6 Å². The number of hydrogen-bond acceptors (Lipinski definition) is 1. The molecule has 1 heterocycles. The Labute approximate surface area is 94.3 Å². The summed E-state index contributed by atoms with van der Waals surface area (Å²) in [6.45, 7) is 1.83. The minimum Gasteiger partial charge on any atom is -0.316 e. The number of benzene rings is 1. The first-order chi connectivity index (χ1) is 6.75. The fourth-order valence-electron chi connectivity index (χ4n) is 1.95. The SMILES string of the molecule is Cl.Fc1cc(F)cc(C2CCCNC2)c1. The first kappa shape index (κ1) is 12.4. The Morgan fingerprint density at radius 3 is 2.33 bits per heavy atom. The van der Waals surface area contributed by atoms with E-state index in [0.717, 1.165) is 37.6 Å². The lowest BCUT2D eigenvalue weighted by Gasteiger charge is -2.23. The van der Waals surface area contributed by atoms with E-state index in [2.05, 4.69) is 5.32 Å². The fourth-order valence-corrected chi connectivity index (χ4v) is 1.95. The van der Waals surface area contributed by atoms with Crippen molar-refractivity contribution in [3.63, 3.8) is 0 Å². The molecule has 0 radical (unpaired) electrons. The van der Waals surface area contributed by atoms with Crippen LogP contribution in [0.5, 0.6) is 0 Å². The highest BCUT2D eigenvalue weighted by atomic mass is 35.5. The monoisotopic (exact) mass is 233 g/mol. The molecule has 1 fully saturated rings. The van der Waals surface area contributed by atoms with Crippen molar-refractivity contribution >= 4 is 12.4 Å². The molecule has 4 heteroatoms. The van der Waals surface area contributed by atoms with Crippen LogP contribution < -0.4 is 5.32 Å². The van der Waals surface area contributed by atoms with E-state index in [1.165, 1.54) is 12.1 Å². The second-order valence-electron chi connectivity index (χ2n) is 3.75. The Morgan fingerprint density at radius 1 is 1.13 bits per heavy atom. The van der Waals surface area contributed by atoms with Gasteiger partial charge in [-0.1, -0.05) is 0 Å². The molecule has 1 nitrogen and oxygen atoms in total. The van der Waals surface area contributed by atoms with Crippen LogP contribution in [-0.4, -0.2) is 13.1 Å². The summed E-state index contributed by atoms with van der Waals surface area (Å²) in [5, 5.41) is 3.23. The van der Waals surface area contributed by atoms with E-state index in [9.17, 15) is 8.78 Å². The van der Waals surface area contributed by atoms with Gasteiger partial charge in [-0.15, -0.1) is 12.4 Å². The molecule has 0 spiro atoms. The summed E-state index contributed by atoms with van der Waals surface area (Å²) in [7, 11) is 0. The number of rotatable bonds is 1. The molecule has 0 bridgehead atoms. The van der Waals surface area contributed by atoms with Crippen LogP contribution in [0.15, 0.2) is 18.2 Å². The topological polar surface area (TPSA) is 12.0 Å². The lowest BCUT2D eigenvalue weighted by molar-refractivity contribution is 0.457. The molecule has 1 aromatic carbocycles. The highest BCUT2D eigenvalue weighted by Crippen LogP contribution is 2.24. The van der Waals surface area contributed by atoms with Crippen LogP contribution in [-0.2, 0) is 0 Å². The normalized spacial score (nSPS) is 20.8. The van der Waals surface area contributed by atoms with E-state index in [4.69, 9.17) is 0 Å². The van der Waals surface area contributed by atoms with Gasteiger partial charge in [0.05, 0.1) is 0 Å². The van der Waals surface area contributed by atoms with Gasteiger partial charge in [-0.05, 0) is 43.0 Å². The predicted octanol–water partition coefficient (Wildman–Crippen LogP) is 2.85. The van der Waals surface area contributed by atoms with Crippen molar-refractivity contribution in [2.45, 2.75) is 18.8 Å². The van der Waals surface area contributed by atoms with Crippen LogP contribution in [0.25, 0.3) is 0 Å². The van der Waals surface area contributed by atoms with Gasteiger partial charge in [-0.3, -0.25) is 0 Å². The molecule has 1 N–H and O–H groups in total. The summed E-state index contributed by atoms with van der Waals surface area (Å²) < 4.78 is 25.8. The molecule has 0 aromatic heterocycles. The zero-order chi connectivity index (χ0) is 9.97. The highest BCUT2D eigenvalue weighted by Gasteiger charge is 2.16. The van der Waals surface area contributed by atoms with Crippen LogP contribution in [0, 0.1) is 11.6 Å². The molecule has 15 heavy (non-hydrogen) atoms. The van der Waals surface area contributed by atoms with Crippen LogP contribution in [0.2, 0.25) is 0 Å². The Bertz CT molecular complexity index is 304. The quantitative estimate of drug-likeness (QED) is 0.787. The molecule has 0 amide bonds. The van der Waals surface area contributed by atoms with Crippen LogP contribution in [0.1, 0.15) is 24.3 Å². The second-order valence-corrected chi connectivity index (χ2v) is 3.75. The van der Waals surface area contributed by atoms with Crippen LogP contribution >= 0.6 is 12.4 Å². The molecule has 1 atom stereocenters. The standard InChI is InChI=1S/C11H13F2N.ClH/c12-10-4-9(5-11(13)6-10)8-2-1-3-14-7-8;/h4-6,8,14H,1-3,7H2;1H. The van der Waals surface area contributed by atoms with Gasteiger partial charge in [0.2, 0.25) is 0 Å². The summed E-state index contributed by atoms with van der Waals surface area (Å²) >= 11 is 0. The summed E-state index contributed by atoms with van der Waals surface area (Å²) in [6.07, 6.45) is 2.08.